The number of para-hydroxylation sites is 1. The number of carbonyl (C=O) groups excluding carboxylic acids is 1. The third kappa shape index (κ3) is 2.94. The van der Waals surface area contributed by atoms with Crippen molar-refractivity contribution in [1.29, 1.82) is 0 Å². The number of allylic oxidation sites excluding steroid dienone is 1. The quantitative estimate of drug-likeness (QED) is 0.671. The first-order valence-corrected chi connectivity index (χ1v) is 8.30. The number of aliphatic hydroxyl groups excluding tert-OH is 1. The Labute approximate surface area is 145 Å². The Morgan fingerprint density at radius 3 is 2.96 bits per heavy atom. The summed E-state index contributed by atoms with van der Waals surface area (Å²) in [6.45, 7) is -0.151. The monoisotopic (exact) mass is 333 g/mol. The first-order chi connectivity index (χ1) is 12.2. The van der Waals surface area contributed by atoms with Crippen molar-refractivity contribution >= 4 is 28.6 Å². The number of carbonyl (C=O) groups is 1. The van der Waals surface area contributed by atoms with E-state index in [4.69, 9.17) is 0 Å². The van der Waals surface area contributed by atoms with Crippen LogP contribution in [0.15, 0.2) is 60.8 Å². The number of aromatic amines is 1. The van der Waals surface area contributed by atoms with E-state index in [1.165, 1.54) is 0 Å². The van der Waals surface area contributed by atoms with Crippen LogP contribution in [0.25, 0.3) is 17.0 Å². The Kier molecular flexibility index (Phi) is 3.86. The average Bonchev–Trinajstić information content (AvgIpc) is 3.18. The maximum atomic E-state index is 12.6. The second-order valence-corrected chi connectivity index (χ2v) is 6.52. The summed E-state index contributed by atoms with van der Waals surface area (Å²) in [5.74, 6) is -0.0811. The van der Waals surface area contributed by atoms with Crippen LogP contribution in [0.4, 0.5) is 5.69 Å². The zero-order chi connectivity index (χ0) is 17.3. The number of hydrogen-bond acceptors (Lipinski definition) is 3. The summed E-state index contributed by atoms with van der Waals surface area (Å²) in [6, 6.07) is 15.4. The Hall–Kier alpha value is -2.92. The lowest BCUT2D eigenvalue weighted by atomic mass is 10.0. The fraction of sp³-hybridized carbons (Fsp3) is 0.200. The number of rotatable bonds is 5. The standard InChI is InChI=1S/C20H19N3O2/c24-13-20(19(25)22-17-4-2-1-3-5-17)11-16(20)8-6-14-7-9-18-15(10-14)12-21-23-18/h1-10,12,16,24H,11,13H2,(H,21,23)(H,22,25)/b8-6+. The normalized spacial score (nSPS) is 22.4. The molecule has 5 heteroatoms. The zero-order valence-electron chi connectivity index (χ0n) is 13.6. The molecule has 1 aliphatic rings. The van der Waals surface area contributed by atoms with Gasteiger partial charge in [0.1, 0.15) is 0 Å². The number of aromatic nitrogens is 2. The molecular weight excluding hydrogens is 314 g/mol. The van der Waals surface area contributed by atoms with Gasteiger partial charge in [-0.3, -0.25) is 9.89 Å². The third-order valence-electron chi connectivity index (χ3n) is 4.89. The van der Waals surface area contributed by atoms with Gasteiger partial charge in [-0.25, -0.2) is 0 Å². The summed E-state index contributed by atoms with van der Waals surface area (Å²) in [5, 5.41) is 20.7. The van der Waals surface area contributed by atoms with E-state index in [0.29, 0.717) is 6.42 Å². The highest BCUT2D eigenvalue weighted by atomic mass is 16.3. The molecule has 2 aromatic carbocycles. The molecule has 2 unspecified atom stereocenters. The zero-order valence-corrected chi connectivity index (χ0v) is 13.6. The summed E-state index contributed by atoms with van der Waals surface area (Å²) in [5.41, 5.74) is 2.08. The summed E-state index contributed by atoms with van der Waals surface area (Å²) < 4.78 is 0. The largest absolute Gasteiger partial charge is 0.395 e. The smallest absolute Gasteiger partial charge is 0.233 e. The highest BCUT2D eigenvalue weighted by Crippen LogP contribution is 2.54. The number of hydrogen-bond donors (Lipinski definition) is 3. The van der Waals surface area contributed by atoms with Gasteiger partial charge in [-0.2, -0.15) is 5.10 Å². The van der Waals surface area contributed by atoms with E-state index in [0.717, 1.165) is 22.2 Å². The minimum absolute atomic E-state index is 0.0428. The molecule has 1 amide bonds. The molecule has 2 atom stereocenters. The Balaban J connectivity index is 1.47. The lowest BCUT2D eigenvalue weighted by molar-refractivity contribution is -0.122. The van der Waals surface area contributed by atoms with E-state index < -0.39 is 5.41 Å². The van der Waals surface area contributed by atoms with Crippen LogP contribution in [0, 0.1) is 11.3 Å². The number of amides is 1. The summed E-state index contributed by atoms with van der Waals surface area (Å²) in [7, 11) is 0. The average molecular weight is 333 g/mol. The number of aliphatic hydroxyl groups is 1. The van der Waals surface area contributed by atoms with E-state index in [1.807, 2.05) is 60.7 Å². The number of H-pyrrole nitrogens is 1. The summed E-state index contributed by atoms with van der Waals surface area (Å²) >= 11 is 0. The fourth-order valence-electron chi connectivity index (χ4n) is 3.17. The van der Waals surface area contributed by atoms with Crippen molar-refractivity contribution in [3.8, 4) is 0 Å². The molecule has 25 heavy (non-hydrogen) atoms. The van der Waals surface area contributed by atoms with Crippen molar-refractivity contribution in [3.05, 3.63) is 66.4 Å². The molecule has 1 aromatic heterocycles. The number of nitrogens with zero attached hydrogens (tertiary/aromatic N) is 1. The number of fused-ring (bicyclic) bond motifs is 1. The van der Waals surface area contributed by atoms with Crippen LogP contribution in [0.2, 0.25) is 0 Å². The molecule has 3 N–H and O–H groups in total. The Morgan fingerprint density at radius 2 is 2.16 bits per heavy atom. The minimum Gasteiger partial charge on any atom is -0.395 e. The predicted molar refractivity (Wildman–Crippen MR) is 97.8 cm³/mol. The molecule has 5 nitrogen and oxygen atoms in total. The first kappa shape index (κ1) is 15.6. The van der Waals surface area contributed by atoms with Gasteiger partial charge in [0, 0.05) is 11.1 Å². The number of anilines is 1. The molecule has 0 spiro atoms. The van der Waals surface area contributed by atoms with Crippen LogP contribution in [-0.2, 0) is 4.79 Å². The molecule has 126 valence electrons. The highest BCUT2D eigenvalue weighted by molar-refractivity contribution is 5.98. The van der Waals surface area contributed by atoms with Gasteiger partial charge in [0.05, 0.1) is 23.7 Å². The van der Waals surface area contributed by atoms with Gasteiger partial charge in [0.2, 0.25) is 5.91 Å². The van der Waals surface area contributed by atoms with E-state index in [-0.39, 0.29) is 18.4 Å². The highest BCUT2D eigenvalue weighted by Gasteiger charge is 2.58. The molecule has 0 radical (unpaired) electrons. The molecule has 0 aliphatic heterocycles. The molecule has 3 aromatic rings. The van der Waals surface area contributed by atoms with Crippen molar-refractivity contribution in [2.75, 3.05) is 11.9 Å². The van der Waals surface area contributed by atoms with Crippen LogP contribution < -0.4 is 5.32 Å². The van der Waals surface area contributed by atoms with Crippen LogP contribution in [0.3, 0.4) is 0 Å². The minimum atomic E-state index is -0.716. The second-order valence-electron chi connectivity index (χ2n) is 6.52. The molecule has 4 rings (SSSR count). The van der Waals surface area contributed by atoms with Gasteiger partial charge in [0.15, 0.2) is 0 Å². The molecule has 1 heterocycles. The molecule has 1 aliphatic carbocycles. The summed E-state index contributed by atoms with van der Waals surface area (Å²) in [4.78, 5) is 12.6. The van der Waals surface area contributed by atoms with Gasteiger partial charge in [0.25, 0.3) is 0 Å². The lowest BCUT2D eigenvalue weighted by Crippen LogP contribution is -2.29. The van der Waals surface area contributed by atoms with Crippen molar-refractivity contribution in [1.82, 2.24) is 10.2 Å². The number of benzene rings is 2. The van der Waals surface area contributed by atoms with E-state index in [2.05, 4.69) is 15.5 Å². The van der Waals surface area contributed by atoms with Crippen molar-refractivity contribution < 1.29 is 9.90 Å². The van der Waals surface area contributed by atoms with Crippen molar-refractivity contribution in [2.45, 2.75) is 6.42 Å². The van der Waals surface area contributed by atoms with Crippen LogP contribution in [0.5, 0.6) is 0 Å². The number of nitrogens with one attached hydrogen (secondary N) is 2. The van der Waals surface area contributed by atoms with Gasteiger partial charge < -0.3 is 10.4 Å². The van der Waals surface area contributed by atoms with Gasteiger partial charge in [-0.15, -0.1) is 0 Å². The molecule has 1 saturated carbocycles. The maximum absolute atomic E-state index is 12.6. The second kappa shape index (κ2) is 6.18. The predicted octanol–water partition coefficient (Wildman–Crippen LogP) is 3.21. The van der Waals surface area contributed by atoms with Crippen LogP contribution >= 0.6 is 0 Å². The Morgan fingerprint density at radius 1 is 1.32 bits per heavy atom. The molecular formula is C20H19N3O2. The van der Waals surface area contributed by atoms with Crippen molar-refractivity contribution in [3.63, 3.8) is 0 Å². The fourth-order valence-corrected chi connectivity index (χ4v) is 3.17. The third-order valence-corrected chi connectivity index (χ3v) is 4.89. The van der Waals surface area contributed by atoms with Crippen LogP contribution in [-0.4, -0.2) is 27.8 Å². The summed E-state index contributed by atoms with van der Waals surface area (Å²) in [6.07, 6.45) is 6.47. The molecule has 0 saturated heterocycles. The maximum Gasteiger partial charge on any atom is 0.233 e. The van der Waals surface area contributed by atoms with Gasteiger partial charge in [-0.1, -0.05) is 36.4 Å². The topological polar surface area (TPSA) is 78.0 Å². The van der Waals surface area contributed by atoms with E-state index in [9.17, 15) is 9.90 Å². The molecule has 0 bridgehead atoms. The lowest BCUT2D eigenvalue weighted by Gasteiger charge is -2.13. The molecule has 1 fully saturated rings. The van der Waals surface area contributed by atoms with Gasteiger partial charge >= 0.3 is 0 Å². The first-order valence-electron chi connectivity index (χ1n) is 8.30. The van der Waals surface area contributed by atoms with E-state index >= 15 is 0 Å². The van der Waals surface area contributed by atoms with Crippen molar-refractivity contribution in [2.24, 2.45) is 11.3 Å². The van der Waals surface area contributed by atoms with Crippen LogP contribution in [0.1, 0.15) is 12.0 Å². The van der Waals surface area contributed by atoms with E-state index in [1.54, 1.807) is 6.20 Å². The SMILES string of the molecule is O=C(Nc1ccccc1)C1(CO)CC1/C=C/c1ccc2[nH]ncc2c1. The Bertz CT molecular complexity index is 932. The van der Waals surface area contributed by atoms with Gasteiger partial charge in [-0.05, 0) is 42.2 Å².